The van der Waals surface area contributed by atoms with Crippen molar-refractivity contribution in [1.29, 1.82) is 0 Å². The standard InChI is InChI=1S/C12H22O/c1-12(2,3)11-6-4-10(5-7-11)8-9-13/h4,6,10-11,13H,5,7-9H2,1-3H3/t10-,11+/m0/s1. The van der Waals surface area contributed by atoms with E-state index < -0.39 is 0 Å². The van der Waals surface area contributed by atoms with Crippen LogP contribution in [-0.4, -0.2) is 11.7 Å². The highest BCUT2D eigenvalue weighted by molar-refractivity contribution is 5.01. The first kappa shape index (κ1) is 10.8. The first-order valence-corrected chi connectivity index (χ1v) is 5.33. The first-order valence-electron chi connectivity index (χ1n) is 5.33. The molecule has 0 fully saturated rings. The molecule has 0 amide bonds. The molecule has 1 aliphatic rings. The number of aliphatic hydroxyl groups is 1. The molecule has 1 nitrogen and oxygen atoms in total. The Balaban J connectivity index is 2.47. The van der Waals surface area contributed by atoms with Crippen molar-refractivity contribution in [3.8, 4) is 0 Å². The smallest absolute Gasteiger partial charge is 0.0436 e. The van der Waals surface area contributed by atoms with Gasteiger partial charge in [-0.3, -0.25) is 0 Å². The summed E-state index contributed by atoms with van der Waals surface area (Å²) in [5.74, 6) is 1.35. The van der Waals surface area contributed by atoms with Crippen LogP contribution in [-0.2, 0) is 0 Å². The summed E-state index contributed by atoms with van der Waals surface area (Å²) in [6, 6.07) is 0. The Morgan fingerprint density at radius 3 is 2.31 bits per heavy atom. The van der Waals surface area contributed by atoms with Gasteiger partial charge in [-0.2, -0.15) is 0 Å². The molecule has 0 aromatic carbocycles. The van der Waals surface area contributed by atoms with Crippen molar-refractivity contribution < 1.29 is 5.11 Å². The zero-order chi connectivity index (χ0) is 9.90. The molecule has 1 N–H and O–H groups in total. The van der Waals surface area contributed by atoms with Gasteiger partial charge in [-0.1, -0.05) is 32.9 Å². The van der Waals surface area contributed by atoms with Gasteiger partial charge in [0.1, 0.15) is 0 Å². The van der Waals surface area contributed by atoms with E-state index in [-0.39, 0.29) is 0 Å². The van der Waals surface area contributed by atoms with Gasteiger partial charge in [0.2, 0.25) is 0 Å². The molecule has 0 heterocycles. The van der Waals surface area contributed by atoms with Crippen molar-refractivity contribution in [2.75, 3.05) is 6.61 Å². The van der Waals surface area contributed by atoms with E-state index in [0.29, 0.717) is 17.9 Å². The van der Waals surface area contributed by atoms with E-state index in [1.54, 1.807) is 0 Å². The molecule has 0 bridgehead atoms. The average Bonchev–Trinajstić information content (AvgIpc) is 2.04. The van der Waals surface area contributed by atoms with Crippen molar-refractivity contribution in [2.45, 2.75) is 40.0 Å². The van der Waals surface area contributed by atoms with E-state index in [4.69, 9.17) is 5.11 Å². The zero-order valence-corrected chi connectivity index (χ0v) is 9.09. The second-order valence-electron chi connectivity index (χ2n) is 5.21. The second-order valence-corrected chi connectivity index (χ2v) is 5.21. The van der Waals surface area contributed by atoms with Gasteiger partial charge in [-0.05, 0) is 36.5 Å². The molecule has 0 radical (unpaired) electrons. The molecule has 0 spiro atoms. The molecule has 0 saturated carbocycles. The lowest BCUT2D eigenvalue weighted by Gasteiger charge is -2.32. The summed E-state index contributed by atoms with van der Waals surface area (Å²) in [5, 5.41) is 8.81. The SMILES string of the molecule is CC(C)(C)[C@@H]1C=C[C@H](CCO)CC1. The Kier molecular flexibility index (Phi) is 3.55. The van der Waals surface area contributed by atoms with Crippen molar-refractivity contribution in [3.63, 3.8) is 0 Å². The van der Waals surface area contributed by atoms with Crippen molar-refractivity contribution in [3.05, 3.63) is 12.2 Å². The highest BCUT2D eigenvalue weighted by Gasteiger charge is 2.25. The number of hydrogen-bond acceptors (Lipinski definition) is 1. The van der Waals surface area contributed by atoms with Crippen molar-refractivity contribution in [2.24, 2.45) is 17.3 Å². The molecule has 0 aliphatic heterocycles. The van der Waals surface area contributed by atoms with Crippen LogP contribution >= 0.6 is 0 Å². The Morgan fingerprint density at radius 2 is 1.92 bits per heavy atom. The minimum Gasteiger partial charge on any atom is -0.396 e. The highest BCUT2D eigenvalue weighted by atomic mass is 16.3. The quantitative estimate of drug-likeness (QED) is 0.651. The van der Waals surface area contributed by atoms with E-state index in [1.807, 2.05) is 0 Å². The lowest BCUT2D eigenvalue weighted by Crippen LogP contribution is -2.22. The summed E-state index contributed by atoms with van der Waals surface area (Å²) in [5.41, 5.74) is 0.403. The van der Waals surface area contributed by atoms with Gasteiger partial charge < -0.3 is 5.11 Å². The average molecular weight is 182 g/mol. The van der Waals surface area contributed by atoms with Crippen LogP contribution in [0, 0.1) is 17.3 Å². The van der Waals surface area contributed by atoms with Crippen LogP contribution in [0.2, 0.25) is 0 Å². The first-order chi connectivity index (χ1) is 6.04. The van der Waals surface area contributed by atoms with Gasteiger partial charge in [0, 0.05) is 6.61 Å². The maximum atomic E-state index is 8.81. The van der Waals surface area contributed by atoms with Gasteiger partial charge >= 0.3 is 0 Å². The van der Waals surface area contributed by atoms with Crippen molar-refractivity contribution in [1.82, 2.24) is 0 Å². The summed E-state index contributed by atoms with van der Waals surface area (Å²) in [6.45, 7) is 7.23. The summed E-state index contributed by atoms with van der Waals surface area (Å²) >= 11 is 0. The van der Waals surface area contributed by atoms with Crippen LogP contribution in [0.5, 0.6) is 0 Å². The molecule has 1 rings (SSSR count). The van der Waals surface area contributed by atoms with Gasteiger partial charge in [-0.25, -0.2) is 0 Å². The van der Waals surface area contributed by atoms with Gasteiger partial charge in [0.05, 0.1) is 0 Å². The molecule has 0 saturated heterocycles. The summed E-state index contributed by atoms with van der Waals surface area (Å²) in [4.78, 5) is 0. The Bertz CT molecular complexity index is 176. The summed E-state index contributed by atoms with van der Waals surface area (Å²) in [7, 11) is 0. The molecule has 0 aromatic heterocycles. The molecule has 2 atom stereocenters. The minimum absolute atomic E-state index is 0.329. The van der Waals surface area contributed by atoms with Crippen LogP contribution in [0.1, 0.15) is 40.0 Å². The molecule has 0 unspecified atom stereocenters. The third-order valence-electron chi connectivity index (χ3n) is 3.08. The molecule has 1 heteroatoms. The normalized spacial score (nSPS) is 29.2. The largest absolute Gasteiger partial charge is 0.396 e. The van der Waals surface area contributed by atoms with E-state index in [1.165, 1.54) is 12.8 Å². The maximum Gasteiger partial charge on any atom is 0.0436 e. The number of hydrogen-bond donors (Lipinski definition) is 1. The van der Waals surface area contributed by atoms with Crippen molar-refractivity contribution >= 4 is 0 Å². The van der Waals surface area contributed by atoms with Gasteiger partial charge in [0.25, 0.3) is 0 Å². The van der Waals surface area contributed by atoms with E-state index >= 15 is 0 Å². The molecular formula is C12H22O. The Labute approximate surface area is 81.9 Å². The number of aliphatic hydroxyl groups excluding tert-OH is 1. The fourth-order valence-corrected chi connectivity index (χ4v) is 2.01. The zero-order valence-electron chi connectivity index (χ0n) is 9.09. The maximum absolute atomic E-state index is 8.81. The fourth-order valence-electron chi connectivity index (χ4n) is 2.01. The number of allylic oxidation sites excluding steroid dienone is 2. The Morgan fingerprint density at radius 1 is 1.23 bits per heavy atom. The van der Waals surface area contributed by atoms with Gasteiger partial charge in [-0.15, -0.1) is 0 Å². The van der Waals surface area contributed by atoms with Crippen LogP contribution in [0.3, 0.4) is 0 Å². The molecule has 76 valence electrons. The highest BCUT2D eigenvalue weighted by Crippen LogP contribution is 2.36. The Hall–Kier alpha value is -0.300. The lowest BCUT2D eigenvalue weighted by molar-refractivity contribution is 0.228. The summed E-state index contributed by atoms with van der Waals surface area (Å²) in [6.07, 6.45) is 8.12. The fraction of sp³-hybridized carbons (Fsp3) is 0.833. The monoisotopic (exact) mass is 182 g/mol. The predicted octanol–water partition coefficient (Wildman–Crippen LogP) is 3.00. The van der Waals surface area contributed by atoms with E-state index in [2.05, 4.69) is 32.9 Å². The van der Waals surface area contributed by atoms with Gasteiger partial charge in [0.15, 0.2) is 0 Å². The van der Waals surface area contributed by atoms with Crippen LogP contribution in [0.15, 0.2) is 12.2 Å². The van der Waals surface area contributed by atoms with Crippen LogP contribution in [0.25, 0.3) is 0 Å². The molecular weight excluding hydrogens is 160 g/mol. The predicted molar refractivity (Wildman–Crippen MR) is 56.5 cm³/mol. The minimum atomic E-state index is 0.329. The van der Waals surface area contributed by atoms with Crippen LogP contribution < -0.4 is 0 Å². The van der Waals surface area contributed by atoms with E-state index in [0.717, 1.165) is 12.3 Å². The third-order valence-corrected chi connectivity index (χ3v) is 3.08. The molecule has 0 aromatic rings. The second kappa shape index (κ2) is 4.28. The molecule has 13 heavy (non-hydrogen) atoms. The van der Waals surface area contributed by atoms with Crippen LogP contribution in [0.4, 0.5) is 0 Å². The topological polar surface area (TPSA) is 20.2 Å². The third kappa shape index (κ3) is 3.15. The lowest BCUT2D eigenvalue weighted by atomic mass is 9.73. The summed E-state index contributed by atoms with van der Waals surface area (Å²) < 4.78 is 0. The number of rotatable bonds is 2. The van der Waals surface area contributed by atoms with E-state index in [9.17, 15) is 0 Å². The molecule has 1 aliphatic carbocycles.